The van der Waals surface area contributed by atoms with Crippen LogP contribution in [0.5, 0.6) is 0 Å². The summed E-state index contributed by atoms with van der Waals surface area (Å²) in [5.41, 5.74) is 6.01. The molecule has 4 rings (SSSR count). The number of hydrogen-bond donors (Lipinski definition) is 1. The van der Waals surface area contributed by atoms with Gasteiger partial charge in [-0.15, -0.1) is 0 Å². The molecule has 0 atom stereocenters. The van der Waals surface area contributed by atoms with E-state index in [9.17, 15) is 4.79 Å². The molecule has 1 aliphatic heterocycles. The van der Waals surface area contributed by atoms with Crippen molar-refractivity contribution < 1.29 is 4.79 Å². The summed E-state index contributed by atoms with van der Waals surface area (Å²) in [5.74, 6) is 0.449. The number of rotatable bonds is 5. The van der Waals surface area contributed by atoms with E-state index in [1.807, 2.05) is 36.1 Å². The molecular formula is C19H20ClN7O. The van der Waals surface area contributed by atoms with E-state index >= 15 is 0 Å². The molecule has 0 unspecified atom stereocenters. The van der Waals surface area contributed by atoms with Gasteiger partial charge < -0.3 is 9.47 Å². The number of nitrogens with zero attached hydrogens (tertiary/aromatic N) is 6. The first kappa shape index (κ1) is 18.4. The van der Waals surface area contributed by atoms with Gasteiger partial charge in [-0.1, -0.05) is 29.8 Å². The third-order valence-corrected chi connectivity index (χ3v) is 4.80. The molecule has 1 aromatic carbocycles. The number of anilines is 1. The normalized spacial score (nSPS) is 14.3. The minimum Gasteiger partial charge on any atom is -0.341 e. The number of benzene rings is 1. The molecule has 9 heteroatoms. The van der Waals surface area contributed by atoms with E-state index < -0.39 is 0 Å². The number of aromatic nitrogens is 4. The molecule has 8 nitrogen and oxygen atoms in total. The molecule has 1 aliphatic rings. The van der Waals surface area contributed by atoms with Crippen molar-refractivity contribution in [3.63, 3.8) is 0 Å². The minimum atomic E-state index is 0.0542. The Kier molecular flexibility index (Phi) is 5.21. The summed E-state index contributed by atoms with van der Waals surface area (Å²) < 4.78 is 1.69. The number of likely N-dealkylation sites (tertiary alicyclic amines) is 1. The number of aryl methyl sites for hydroxylation is 1. The van der Waals surface area contributed by atoms with E-state index in [0.717, 1.165) is 37.1 Å². The molecule has 3 aromatic rings. The maximum atomic E-state index is 12.4. The summed E-state index contributed by atoms with van der Waals surface area (Å²) in [4.78, 5) is 27.1. The molecule has 1 N–H and O–H groups in total. The first-order valence-corrected chi connectivity index (χ1v) is 9.50. The average molecular weight is 398 g/mol. The van der Waals surface area contributed by atoms with Gasteiger partial charge in [-0.25, -0.2) is 4.98 Å². The summed E-state index contributed by atoms with van der Waals surface area (Å²) in [6.45, 7) is 3.81. The number of halogens is 1. The van der Waals surface area contributed by atoms with E-state index in [-0.39, 0.29) is 17.7 Å². The van der Waals surface area contributed by atoms with Gasteiger partial charge in [0.2, 0.25) is 11.2 Å². The molecule has 0 spiro atoms. The quantitative estimate of drug-likeness (QED) is 0.406. The van der Waals surface area contributed by atoms with Crippen LogP contribution in [-0.2, 0) is 11.3 Å². The number of hydrazone groups is 1. The number of hydrogen-bond acceptors (Lipinski definition) is 6. The first-order chi connectivity index (χ1) is 13.6. The van der Waals surface area contributed by atoms with Crippen LogP contribution in [0.4, 0.5) is 5.82 Å². The average Bonchev–Trinajstić information content (AvgIpc) is 3.32. The lowest BCUT2D eigenvalue weighted by atomic mass is 10.2. The van der Waals surface area contributed by atoms with Gasteiger partial charge in [-0.05, 0) is 36.9 Å². The van der Waals surface area contributed by atoms with Crippen molar-refractivity contribution in [2.75, 3.05) is 18.5 Å². The van der Waals surface area contributed by atoms with Crippen LogP contribution in [0.15, 0.2) is 35.7 Å². The van der Waals surface area contributed by atoms with Crippen molar-refractivity contribution in [3.05, 3.63) is 47.0 Å². The maximum Gasteiger partial charge on any atom is 0.242 e. The number of fused-ring (bicyclic) bond motifs is 1. The van der Waals surface area contributed by atoms with Gasteiger partial charge in [-0.3, -0.25) is 10.2 Å². The van der Waals surface area contributed by atoms with Gasteiger partial charge in [-0.2, -0.15) is 15.1 Å². The third kappa shape index (κ3) is 3.96. The summed E-state index contributed by atoms with van der Waals surface area (Å²) >= 11 is 6.08. The molecule has 1 amide bonds. The predicted octanol–water partition coefficient (Wildman–Crippen LogP) is 2.86. The van der Waals surface area contributed by atoms with E-state index in [0.29, 0.717) is 17.0 Å². The molecule has 3 heterocycles. The Labute approximate surface area is 167 Å². The zero-order valence-corrected chi connectivity index (χ0v) is 16.2. The summed E-state index contributed by atoms with van der Waals surface area (Å²) in [6, 6.07) is 7.97. The lowest BCUT2D eigenvalue weighted by molar-refractivity contribution is -0.130. The smallest absolute Gasteiger partial charge is 0.242 e. The van der Waals surface area contributed by atoms with Crippen LogP contribution in [0.25, 0.3) is 11.2 Å². The zero-order chi connectivity index (χ0) is 19.5. The van der Waals surface area contributed by atoms with Crippen LogP contribution in [-0.4, -0.2) is 49.6 Å². The van der Waals surface area contributed by atoms with Crippen molar-refractivity contribution in [1.82, 2.24) is 24.4 Å². The highest BCUT2D eigenvalue weighted by Gasteiger charge is 2.20. The van der Waals surface area contributed by atoms with Crippen LogP contribution in [0, 0.1) is 6.92 Å². The Bertz CT molecular complexity index is 1040. The van der Waals surface area contributed by atoms with Crippen LogP contribution in [0.3, 0.4) is 0 Å². The number of nitrogens with one attached hydrogen (secondary N) is 1. The van der Waals surface area contributed by atoms with E-state index in [4.69, 9.17) is 11.6 Å². The fourth-order valence-electron chi connectivity index (χ4n) is 3.24. The van der Waals surface area contributed by atoms with Crippen LogP contribution in [0.1, 0.15) is 24.0 Å². The van der Waals surface area contributed by atoms with Crippen LogP contribution in [0.2, 0.25) is 5.28 Å². The van der Waals surface area contributed by atoms with Crippen molar-refractivity contribution >= 4 is 40.7 Å². The monoisotopic (exact) mass is 397 g/mol. The number of carbonyl (C=O) groups is 1. The number of carbonyl (C=O) groups excluding carboxylic acids is 1. The first-order valence-electron chi connectivity index (χ1n) is 9.12. The molecule has 28 heavy (non-hydrogen) atoms. The third-order valence-electron chi connectivity index (χ3n) is 4.63. The largest absolute Gasteiger partial charge is 0.341 e. The second kappa shape index (κ2) is 7.93. The molecule has 0 saturated carbocycles. The molecule has 0 radical (unpaired) electrons. The number of amides is 1. The molecule has 0 aliphatic carbocycles. The van der Waals surface area contributed by atoms with Gasteiger partial charge in [0.25, 0.3) is 0 Å². The Hall–Kier alpha value is -3.00. The lowest BCUT2D eigenvalue weighted by Crippen LogP contribution is -2.30. The van der Waals surface area contributed by atoms with Crippen molar-refractivity contribution in [2.45, 2.75) is 26.3 Å². The van der Waals surface area contributed by atoms with Crippen molar-refractivity contribution in [3.8, 4) is 0 Å². The van der Waals surface area contributed by atoms with Gasteiger partial charge in [0.1, 0.15) is 6.54 Å². The minimum absolute atomic E-state index is 0.0542. The molecule has 144 valence electrons. The van der Waals surface area contributed by atoms with Gasteiger partial charge in [0.05, 0.1) is 12.5 Å². The van der Waals surface area contributed by atoms with E-state index in [1.54, 1.807) is 17.1 Å². The summed E-state index contributed by atoms with van der Waals surface area (Å²) in [6.07, 6.45) is 5.39. The topological polar surface area (TPSA) is 88.3 Å². The Morgan fingerprint density at radius 1 is 1.32 bits per heavy atom. The second-order valence-corrected chi connectivity index (χ2v) is 7.10. The lowest BCUT2D eigenvalue weighted by Gasteiger charge is -2.15. The maximum absolute atomic E-state index is 12.4. The van der Waals surface area contributed by atoms with Crippen molar-refractivity contribution in [1.29, 1.82) is 0 Å². The van der Waals surface area contributed by atoms with Crippen molar-refractivity contribution in [2.24, 2.45) is 5.10 Å². The van der Waals surface area contributed by atoms with E-state index in [1.165, 1.54) is 0 Å². The molecule has 0 bridgehead atoms. The SMILES string of the molecule is Cc1cccc(/C=N/Nc2nc(Cl)nc3c2ncn3CC(=O)N2CCCC2)c1. The zero-order valence-electron chi connectivity index (χ0n) is 15.5. The van der Waals surface area contributed by atoms with Gasteiger partial charge in [0, 0.05) is 13.1 Å². The van der Waals surface area contributed by atoms with Crippen LogP contribution < -0.4 is 5.43 Å². The van der Waals surface area contributed by atoms with E-state index in [2.05, 4.69) is 25.5 Å². The number of imidazole rings is 1. The molecule has 2 aromatic heterocycles. The van der Waals surface area contributed by atoms with Crippen LogP contribution >= 0.6 is 11.6 Å². The highest BCUT2D eigenvalue weighted by Crippen LogP contribution is 2.21. The van der Waals surface area contributed by atoms with Gasteiger partial charge >= 0.3 is 0 Å². The molecule has 1 saturated heterocycles. The highest BCUT2D eigenvalue weighted by atomic mass is 35.5. The summed E-state index contributed by atoms with van der Waals surface area (Å²) in [7, 11) is 0. The Morgan fingerprint density at radius 3 is 2.93 bits per heavy atom. The molecule has 1 fully saturated rings. The predicted molar refractivity (Wildman–Crippen MR) is 109 cm³/mol. The fourth-order valence-corrected chi connectivity index (χ4v) is 3.41. The second-order valence-electron chi connectivity index (χ2n) is 6.76. The highest BCUT2D eigenvalue weighted by molar-refractivity contribution is 6.28. The fraction of sp³-hybridized carbons (Fsp3) is 0.316. The Balaban J connectivity index is 1.55. The van der Waals surface area contributed by atoms with Gasteiger partial charge in [0.15, 0.2) is 17.0 Å². The Morgan fingerprint density at radius 2 is 2.14 bits per heavy atom. The molecular weight excluding hydrogens is 378 g/mol. The summed E-state index contributed by atoms with van der Waals surface area (Å²) in [5, 5.41) is 4.29. The standard InChI is InChI=1S/C19H20ClN7O/c1-13-5-4-6-14(9-13)10-22-25-17-16-18(24-19(20)23-17)27(12-21-16)11-15(28)26-7-2-3-8-26/h4-6,9-10,12H,2-3,7-8,11H2,1H3,(H,23,24,25)/b22-10+.